The number of thiazole rings is 1. The van der Waals surface area contributed by atoms with E-state index in [-0.39, 0.29) is 12.5 Å². The smallest absolute Gasteiger partial charge is 0.253 e. The minimum atomic E-state index is -0.617. The number of ether oxygens (including phenoxy) is 2. The summed E-state index contributed by atoms with van der Waals surface area (Å²) in [5, 5.41) is 13.9. The van der Waals surface area contributed by atoms with Crippen molar-refractivity contribution < 1.29 is 19.4 Å². The highest BCUT2D eigenvalue weighted by atomic mass is 32.1. The molecule has 0 saturated carbocycles. The van der Waals surface area contributed by atoms with Gasteiger partial charge in [-0.15, -0.1) is 22.7 Å². The van der Waals surface area contributed by atoms with Crippen LogP contribution in [-0.2, 0) is 11.3 Å². The lowest BCUT2D eigenvalue weighted by molar-refractivity contribution is 0.0126. The molecule has 1 aliphatic heterocycles. The highest BCUT2D eigenvalue weighted by Crippen LogP contribution is 2.34. The van der Waals surface area contributed by atoms with Gasteiger partial charge in [0.25, 0.3) is 5.91 Å². The Kier molecular flexibility index (Phi) is 5.87. The molecule has 1 amide bonds. The van der Waals surface area contributed by atoms with Crippen LogP contribution in [0.2, 0.25) is 0 Å². The van der Waals surface area contributed by atoms with Crippen LogP contribution in [0.25, 0.3) is 10.1 Å². The fourth-order valence-electron chi connectivity index (χ4n) is 3.57. The third kappa shape index (κ3) is 4.16. The Morgan fingerprint density at radius 1 is 1.34 bits per heavy atom. The lowest BCUT2D eigenvalue weighted by Crippen LogP contribution is -2.54. The van der Waals surface area contributed by atoms with E-state index in [1.165, 1.54) is 0 Å². The molecule has 29 heavy (non-hydrogen) atoms. The van der Waals surface area contributed by atoms with Crippen LogP contribution in [0.4, 0.5) is 0 Å². The predicted molar refractivity (Wildman–Crippen MR) is 115 cm³/mol. The number of aliphatic hydroxyl groups is 1. The summed E-state index contributed by atoms with van der Waals surface area (Å²) in [7, 11) is 0. The summed E-state index contributed by atoms with van der Waals surface area (Å²) in [5.41, 5.74) is 2.83. The van der Waals surface area contributed by atoms with Crippen molar-refractivity contribution in [2.24, 2.45) is 0 Å². The van der Waals surface area contributed by atoms with E-state index < -0.39 is 5.54 Å². The molecule has 1 aliphatic rings. The number of aryl methyl sites for hydroxylation is 2. The first-order valence-corrected chi connectivity index (χ1v) is 11.3. The maximum atomic E-state index is 13.2. The fraction of sp³-hybridized carbons (Fsp3) is 0.429. The summed E-state index contributed by atoms with van der Waals surface area (Å²) in [5.74, 6) is 0.570. The standard InChI is InChI=1S/C21H24N2O4S2/c1-13-18(28-12-22-13)10-27-15-3-4-17-16(9-15)19(14(2)29-17)20(25)23-21(11-24)5-7-26-8-6-21/h3-4,9,12,24H,5-8,10-11H2,1-2H3,(H,23,25). The van der Waals surface area contributed by atoms with E-state index in [4.69, 9.17) is 9.47 Å². The van der Waals surface area contributed by atoms with Crippen molar-refractivity contribution in [1.82, 2.24) is 10.3 Å². The van der Waals surface area contributed by atoms with E-state index in [0.717, 1.165) is 31.3 Å². The van der Waals surface area contributed by atoms with Crippen LogP contribution < -0.4 is 10.1 Å². The first-order chi connectivity index (χ1) is 14.0. The van der Waals surface area contributed by atoms with E-state index in [9.17, 15) is 9.90 Å². The summed E-state index contributed by atoms with van der Waals surface area (Å²) in [6, 6.07) is 5.86. The van der Waals surface area contributed by atoms with Crippen LogP contribution in [0.1, 0.15) is 38.6 Å². The first-order valence-electron chi connectivity index (χ1n) is 9.57. The van der Waals surface area contributed by atoms with Gasteiger partial charge < -0.3 is 19.9 Å². The van der Waals surface area contributed by atoms with E-state index in [2.05, 4.69) is 10.3 Å². The number of hydrogen-bond donors (Lipinski definition) is 2. The van der Waals surface area contributed by atoms with Crippen molar-refractivity contribution in [3.8, 4) is 5.75 Å². The Morgan fingerprint density at radius 3 is 2.83 bits per heavy atom. The number of amides is 1. The molecule has 6 nitrogen and oxygen atoms in total. The minimum absolute atomic E-state index is 0.0915. The number of aliphatic hydroxyl groups excluding tert-OH is 1. The second kappa shape index (κ2) is 8.39. The number of benzene rings is 1. The topological polar surface area (TPSA) is 80.7 Å². The molecule has 8 heteroatoms. The zero-order valence-electron chi connectivity index (χ0n) is 16.5. The Labute approximate surface area is 177 Å². The molecule has 0 unspecified atom stereocenters. The number of fused-ring (bicyclic) bond motifs is 1. The van der Waals surface area contributed by atoms with Gasteiger partial charge in [0.05, 0.1) is 33.8 Å². The molecule has 3 heterocycles. The van der Waals surface area contributed by atoms with Crippen LogP contribution in [-0.4, -0.2) is 41.4 Å². The molecule has 4 rings (SSSR count). The number of nitrogens with one attached hydrogen (secondary N) is 1. The maximum absolute atomic E-state index is 13.2. The molecule has 3 aromatic rings. The van der Waals surface area contributed by atoms with Crippen molar-refractivity contribution >= 4 is 38.7 Å². The maximum Gasteiger partial charge on any atom is 0.253 e. The van der Waals surface area contributed by atoms with Gasteiger partial charge in [-0.2, -0.15) is 0 Å². The zero-order chi connectivity index (χ0) is 20.4. The SMILES string of the molecule is Cc1ncsc1COc1ccc2sc(C)c(C(=O)NC3(CO)CCOCC3)c2c1. The third-order valence-corrected chi connectivity index (χ3v) is 7.40. The summed E-state index contributed by atoms with van der Waals surface area (Å²) in [6.45, 7) is 5.37. The Morgan fingerprint density at radius 2 is 2.14 bits per heavy atom. The van der Waals surface area contributed by atoms with Gasteiger partial charge in [0.1, 0.15) is 12.4 Å². The zero-order valence-corrected chi connectivity index (χ0v) is 18.1. The summed E-state index contributed by atoms with van der Waals surface area (Å²) in [6.07, 6.45) is 1.22. The Balaban J connectivity index is 1.59. The molecule has 1 saturated heterocycles. The molecule has 1 aromatic carbocycles. The van der Waals surface area contributed by atoms with Crippen LogP contribution in [0, 0.1) is 13.8 Å². The number of hydrogen-bond acceptors (Lipinski definition) is 7. The van der Waals surface area contributed by atoms with Gasteiger partial charge in [-0.25, -0.2) is 4.98 Å². The van der Waals surface area contributed by atoms with E-state index in [1.54, 1.807) is 22.7 Å². The number of thiophene rings is 1. The predicted octanol–water partition coefficient (Wildman–Crippen LogP) is 3.82. The quantitative estimate of drug-likeness (QED) is 0.619. The fourth-order valence-corrected chi connectivity index (χ4v) is 5.30. The molecule has 0 aliphatic carbocycles. The summed E-state index contributed by atoms with van der Waals surface area (Å²) < 4.78 is 12.4. The van der Waals surface area contributed by atoms with Gasteiger partial charge in [0, 0.05) is 28.2 Å². The van der Waals surface area contributed by atoms with Gasteiger partial charge in [0.15, 0.2) is 0 Å². The molecule has 0 bridgehead atoms. The second-order valence-corrected chi connectivity index (χ2v) is 9.54. The molecule has 2 aromatic heterocycles. The Bertz CT molecular complexity index is 1020. The van der Waals surface area contributed by atoms with Gasteiger partial charge in [-0.3, -0.25) is 4.79 Å². The van der Waals surface area contributed by atoms with E-state index >= 15 is 0 Å². The third-order valence-electron chi connectivity index (χ3n) is 5.41. The molecule has 0 radical (unpaired) electrons. The largest absolute Gasteiger partial charge is 0.488 e. The average molecular weight is 433 g/mol. The van der Waals surface area contributed by atoms with Crippen LogP contribution in [0.3, 0.4) is 0 Å². The molecular weight excluding hydrogens is 408 g/mol. The summed E-state index contributed by atoms with van der Waals surface area (Å²) in [4.78, 5) is 19.5. The molecule has 1 fully saturated rings. The van der Waals surface area contributed by atoms with Crippen LogP contribution in [0.5, 0.6) is 5.75 Å². The van der Waals surface area contributed by atoms with E-state index in [0.29, 0.717) is 38.2 Å². The van der Waals surface area contributed by atoms with Crippen molar-refractivity contribution in [1.29, 1.82) is 0 Å². The molecule has 0 atom stereocenters. The highest BCUT2D eigenvalue weighted by Gasteiger charge is 2.34. The molecular formula is C21H24N2O4S2. The number of nitrogens with zero attached hydrogens (tertiary/aromatic N) is 1. The van der Waals surface area contributed by atoms with Crippen molar-refractivity contribution in [2.45, 2.75) is 38.8 Å². The van der Waals surface area contributed by atoms with Gasteiger partial charge in [0.2, 0.25) is 0 Å². The van der Waals surface area contributed by atoms with Gasteiger partial charge in [-0.05, 0) is 44.9 Å². The minimum Gasteiger partial charge on any atom is -0.488 e. The normalized spacial score (nSPS) is 16.1. The second-order valence-electron chi connectivity index (χ2n) is 7.35. The monoisotopic (exact) mass is 432 g/mol. The molecule has 2 N–H and O–H groups in total. The number of carbonyl (C=O) groups excluding carboxylic acids is 1. The number of rotatable bonds is 6. The lowest BCUT2D eigenvalue weighted by atomic mass is 9.90. The average Bonchev–Trinajstić information content (AvgIpc) is 3.28. The number of aromatic nitrogens is 1. The van der Waals surface area contributed by atoms with Crippen LogP contribution >= 0.6 is 22.7 Å². The van der Waals surface area contributed by atoms with Gasteiger partial charge in [-0.1, -0.05) is 0 Å². The first kappa shape index (κ1) is 20.3. The van der Waals surface area contributed by atoms with Gasteiger partial charge >= 0.3 is 0 Å². The van der Waals surface area contributed by atoms with Crippen LogP contribution in [0.15, 0.2) is 23.7 Å². The van der Waals surface area contributed by atoms with Crippen molar-refractivity contribution in [3.05, 3.63) is 44.7 Å². The lowest BCUT2D eigenvalue weighted by Gasteiger charge is -2.36. The Hall–Kier alpha value is -2.00. The number of carbonyl (C=O) groups is 1. The van der Waals surface area contributed by atoms with E-state index in [1.807, 2.05) is 37.6 Å². The molecule has 0 spiro atoms. The highest BCUT2D eigenvalue weighted by molar-refractivity contribution is 7.19. The van der Waals surface area contributed by atoms with Crippen molar-refractivity contribution in [2.75, 3.05) is 19.8 Å². The van der Waals surface area contributed by atoms with Crippen molar-refractivity contribution in [3.63, 3.8) is 0 Å². The summed E-state index contributed by atoms with van der Waals surface area (Å²) >= 11 is 3.17. The molecule has 154 valence electrons.